The van der Waals surface area contributed by atoms with Crippen molar-refractivity contribution in [1.29, 1.82) is 0 Å². The van der Waals surface area contributed by atoms with E-state index >= 15 is 0 Å². The highest BCUT2D eigenvalue weighted by Crippen LogP contribution is 2.41. The summed E-state index contributed by atoms with van der Waals surface area (Å²) in [6, 6.07) is 12.2. The summed E-state index contributed by atoms with van der Waals surface area (Å²) in [5, 5.41) is 9.54. The minimum atomic E-state index is -0.394. The lowest BCUT2D eigenvalue weighted by molar-refractivity contribution is 0.198. The Bertz CT molecular complexity index is 868. The van der Waals surface area contributed by atoms with Crippen LogP contribution < -0.4 is 10.5 Å². The van der Waals surface area contributed by atoms with Gasteiger partial charge in [-0.05, 0) is 97.6 Å². The van der Waals surface area contributed by atoms with Gasteiger partial charge in [-0.2, -0.15) is 0 Å². The smallest absolute Gasteiger partial charge is 0.165 e. The first-order valence-electron chi connectivity index (χ1n) is 10.8. The third kappa shape index (κ3) is 4.49. The Labute approximate surface area is 173 Å². The Morgan fingerprint density at radius 3 is 2.79 bits per heavy atom. The molecule has 0 amide bonds. The third-order valence-corrected chi connectivity index (χ3v) is 7.05. The summed E-state index contributed by atoms with van der Waals surface area (Å²) in [4.78, 5) is 0. The summed E-state index contributed by atoms with van der Waals surface area (Å²) in [6.45, 7) is 0.0794. The van der Waals surface area contributed by atoms with E-state index in [1.54, 1.807) is 0 Å². The molecule has 0 saturated heterocycles. The van der Waals surface area contributed by atoms with Gasteiger partial charge in [0, 0.05) is 5.54 Å². The maximum atomic E-state index is 13.6. The standard InChI is InChI=1S/C25H32FNO2/c1-29-24-13-18(5-9-23(24)26)3-2-17-4-6-20-14-21(8-7-19(20)12-17)22-10-11-25(27,15-22)16-28/h5,7-9,13-14,17,22,28H,2-4,6,10-12,15-16,27H2,1H3/t17?,22-,25+/m0/s1. The van der Waals surface area contributed by atoms with Gasteiger partial charge < -0.3 is 15.6 Å². The minimum Gasteiger partial charge on any atom is -0.494 e. The topological polar surface area (TPSA) is 55.5 Å². The van der Waals surface area contributed by atoms with Crippen LogP contribution in [0.5, 0.6) is 5.75 Å². The second-order valence-corrected chi connectivity index (χ2v) is 9.10. The molecule has 1 fully saturated rings. The van der Waals surface area contributed by atoms with Crippen LogP contribution in [0.2, 0.25) is 0 Å². The van der Waals surface area contributed by atoms with Crippen LogP contribution in [0.3, 0.4) is 0 Å². The maximum Gasteiger partial charge on any atom is 0.165 e. The molecule has 1 saturated carbocycles. The first-order chi connectivity index (χ1) is 14.0. The van der Waals surface area contributed by atoms with Crippen LogP contribution in [-0.4, -0.2) is 24.4 Å². The molecule has 4 rings (SSSR count). The number of ether oxygens (including phenoxy) is 1. The van der Waals surface area contributed by atoms with E-state index in [4.69, 9.17) is 10.5 Å². The lowest BCUT2D eigenvalue weighted by atomic mass is 9.79. The van der Waals surface area contributed by atoms with Crippen LogP contribution in [0.15, 0.2) is 36.4 Å². The number of fused-ring (bicyclic) bond motifs is 1. The predicted molar refractivity (Wildman–Crippen MR) is 114 cm³/mol. The number of nitrogens with two attached hydrogens (primary N) is 1. The lowest BCUT2D eigenvalue weighted by Gasteiger charge is -2.26. The molecular formula is C25H32FNO2. The highest BCUT2D eigenvalue weighted by molar-refractivity contribution is 5.37. The van der Waals surface area contributed by atoms with Crippen LogP contribution in [0.1, 0.15) is 60.3 Å². The highest BCUT2D eigenvalue weighted by atomic mass is 19.1. The molecule has 4 heteroatoms. The molecule has 2 aliphatic rings. The number of methoxy groups -OCH3 is 1. The van der Waals surface area contributed by atoms with Gasteiger partial charge in [-0.1, -0.05) is 24.3 Å². The van der Waals surface area contributed by atoms with Crippen molar-refractivity contribution in [3.05, 3.63) is 64.5 Å². The second-order valence-electron chi connectivity index (χ2n) is 9.10. The minimum absolute atomic E-state index is 0.0794. The quantitative estimate of drug-likeness (QED) is 0.753. The summed E-state index contributed by atoms with van der Waals surface area (Å²) in [5.74, 6) is 1.18. The van der Waals surface area contributed by atoms with Crippen LogP contribution in [-0.2, 0) is 19.3 Å². The molecule has 3 N–H and O–H groups in total. The fourth-order valence-electron chi connectivity index (χ4n) is 5.17. The van der Waals surface area contributed by atoms with Gasteiger partial charge in [0.15, 0.2) is 11.6 Å². The molecule has 0 aliphatic heterocycles. The lowest BCUT2D eigenvalue weighted by Crippen LogP contribution is -2.40. The van der Waals surface area contributed by atoms with E-state index in [1.165, 1.54) is 36.3 Å². The number of aliphatic hydroxyl groups excluding tert-OH is 1. The largest absolute Gasteiger partial charge is 0.494 e. The predicted octanol–water partition coefficient (Wildman–Crippen LogP) is 4.53. The Hall–Kier alpha value is -1.91. The van der Waals surface area contributed by atoms with Crippen LogP contribution in [0, 0.1) is 11.7 Å². The van der Waals surface area contributed by atoms with Gasteiger partial charge >= 0.3 is 0 Å². The van der Waals surface area contributed by atoms with Crippen molar-refractivity contribution in [2.45, 2.75) is 62.8 Å². The zero-order valence-corrected chi connectivity index (χ0v) is 17.3. The van der Waals surface area contributed by atoms with Crippen molar-refractivity contribution in [3.8, 4) is 5.75 Å². The van der Waals surface area contributed by atoms with Crippen molar-refractivity contribution in [2.75, 3.05) is 13.7 Å². The van der Waals surface area contributed by atoms with E-state index in [0.717, 1.165) is 50.5 Å². The molecule has 0 bridgehead atoms. The van der Waals surface area contributed by atoms with Crippen molar-refractivity contribution < 1.29 is 14.2 Å². The number of aryl methyl sites for hydroxylation is 2. The number of aliphatic hydroxyl groups is 1. The average molecular weight is 398 g/mol. The molecule has 2 aliphatic carbocycles. The molecule has 1 unspecified atom stereocenters. The summed E-state index contributed by atoms with van der Waals surface area (Å²) >= 11 is 0. The Morgan fingerprint density at radius 1 is 1.17 bits per heavy atom. The molecule has 2 aromatic rings. The Kier molecular flexibility index (Phi) is 5.93. The highest BCUT2D eigenvalue weighted by Gasteiger charge is 2.36. The second kappa shape index (κ2) is 8.45. The molecule has 156 valence electrons. The molecule has 0 spiro atoms. The van der Waals surface area contributed by atoms with Crippen molar-refractivity contribution in [1.82, 2.24) is 0 Å². The van der Waals surface area contributed by atoms with Gasteiger partial charge in [-0.15, -0.1) is 0 Å². The molecule has 0 radical (unpaired) electrons. The normalized spacial score (nSPS) is 26.3. The van der Waals surface area contributed by atoms with E-state index in [-0.39, 0.29) is 12.4 Å². The number of halogens is 1. The Balaban J connectivity index is 1.37. The third-order valence-electron chi connectivity index (χ3n) is 7.05. The SMILES string of the molecule is COc1cc(CCC2CCc3cc([C@H]4CC[C@](N)(CO)C4)ccc3C2)ccc1F. The van der Waals surface area contributed by atoms with Gasteiger partial charge in [-0.25, -0.2) is 4.39 Å². The zero-order chi connectivity index (χ0) is 20.4. The fraction of sp³-hybridized carbons (Fsp3) is 0.520. The number of rotatable bonds is 6. The van der Waals surface area contributed by atoms with Gasteiger partial charge in [0.2, 0.25) is 0 Å². The Morgan fingerprint density at radius 2 is 2.03 bits per heavy atom. The molecule has 3 atom stereocenters. The van der Waals surface area contributed by atoms with Crippen LogP contribution in [0.25, 0.3) is 0 Å². The maximum absolute atomic E-state index is 13.6. The van der Waals surface area contributed by atoms with Crippen molar-refractivity contribution >= 4 is 0 Å². The number of hydrogen-bond acceptors (Lipinski definition) is 3. The monoisotopic (exact) mass is 397 g/mol. The van der Waals surface area contributed by atoms with E-state index in [9.17, 15) is 9.50 Å². The average Bonchev–Trinajstić information content (AvgIpc) is 3.15. The summed E-state index contributed by atoms with van der Waals surface area (Å²) in [7, 11) is 1.51. The summed E-state index contributed by atoms with van der Waals surface area (Å²) in [6.07, 6.45) is 8.38. The molecular weight excluding hydrogens is 365 g/mol. The molecule has 3 nitrogen and oxygen atoms in total. The van der Waals surface area contributed by atoms with Crippen molar-refractivity contribution in [3.63, 3.8) is 0 Å². The first kappa shape index (κ1) is 20.4. The van der Waals surface area contributed by atoms with Gasteiger partial charge in [0.1, 0.15) is 0 Å². The molecule has 0 heterocycles. The first-order valence-corrected chi connectivity index (χ1v) is 10.8. The zero-order valence-electron chi connectivity index (χ0n) is 17.3. The van der Waals surface area contributed by atoms with Gasteiger partial charge in [-0.3, -0.25) is 0 Å². The molecule has 29 heavy (non-hydrogen) atoms. The van der Waals surface area contributed by atoms with E-state index in [2.05, 4.69) is 18.2 Å². The molecule has 0 aromatic heterocycles. The fourth-order valence-corrected chi connectivity index (χ4v) is 5.17. The van der Waals surface area contributed by atoms with Gasteiger partial charge in [0.05, 0.1) is 13.7 Å². The van der Waals surface area contributed by atoms with E-state index < -0.39 is 5.54 Å². The van der Waals surface area contributed by atoms with E-state index in [1.807, 2.05) is 12.1 Å². The van der Waals surface area contributed by atoms with E-state index in [0.29, 0.717) is 17.6 Å². The number of benzene rings is 2. The molecule has 2 aromatic carbocycles. The summed E-state index contributed by atoms with van der Waals surface area (Å²) < 4.78 is 18.7. The summed E-state index contributed by atoms with van der Waals surface area (Å²) in [5.41, 5.74) is 11.4. The van der Waals surface area contributed by atoms with Crippen molar-refractivity contribution in [2.24, 2.45) is 11.7 Å². The van der Waals surface area contributed by atoms with Crippen LogP contribution in [0.4, 0.5) is 4.39 Å². The number of hydrogen-bond donors (Lipinski definition) is 2. The van der Waals surface area contributed by atoms with Crippen LogP contribution >= 0.6 is 0 Å². The van der Waals surface area contributed by atoms with Gasteiger partial charge in [0.25, 0.3) is 0 Å².